The second-order valence-corrected chi connectivity index (χ2v) is 6.79. The zero-order valence-corrected chi connectivity index (χ0v) is 16.4. The van der Waals surface area contributed by atoms with Crippen LogP contribution in [0, 0.1) is 0 Å². The van der Waals surface area contributed by atoms with Gasteiger partial charge in [-0.05, 0) is 27.7 Å². The van der Waals surface area contributed by atoms with Crippen LogP contribution in [0.2, 0.25) is 0 Å². The Balaban J connectivity index is 2.33. The molecule has 2 atom stereocenters. The summed E-state index contributed by atoms with van der Waals surface area (Å²) in [6.07, 6.45) is 0.707. The van der Waals surface area contributed by atoms with Crippen molar-refractivity contribution < 1.29 is 19.1 Å². The van der Waals surface area contributed by atoms with Crippen molar-refractivity contribution in [3.05, 3.63) is 40.0 Å². The standard InChI is InChI=1S/C18H23N3O4S/c1-7-24-17(22)12(5)25-18(23)13-11(4)21(6)15(16-19-8-9-26-16)20-14(13)10(2)3/h8-9,12,14H,2,7H2,1,3-6H3/t12?,14-/m0/s1. The van der Waals surface area contributed by atoms with E-state index in [1.54, 1.807) is 24.9 Å². The van der Waals surface area contributed by atoms with Gasteiger partial charge in [0, 0.05) is 24.3 Å². The van der Waals surface area contributed by atoms with Gasteiger partial charge in [-0.1, -0.05) is 12.2 Å². The van der Waals surface area contributed by atoms with E-state index in [1.807, 2.05) is 19.4 Å². The molecule has 8 heteroatoms. The van der Waals surface area contributed by atoms with Gasteiger partial charge in [0.1, 0.15) is 6.04 Å². The van der Waals surface area contributed by atoms with E-state index in [9.17, 15) is 9.59 Å². The fourth-order valence-electron chi connectivity index (χ4n) is 2.49. The Labute approximate surface area is 157 Å². The number of hydrogen-bond acceptors (Lipinski definition) is 8. The smallest absolute Gasteiger partial charge is 0.347 e. The van der Waals surface area contributed by atoms with Gasteiger partial charge in [0.15, 0.2) is 16.9 Å². The van der Waals surface area contributed by atoms with Crippen LogP contribution in [-0.4, -0.2) is 53.5 Å². The Morgan fingerprint density at radius 1 is 1.46 bits per heavy atom. The number of carbonyl (C=O) groups excluding carboxylic acids is 2. The lowest BCUT2D eigenvalue weighted by atomic mass is 9.97. The Kier molecular flexibility index (Phi) is 6.31. The Hall–Kier alpha value is -2.48. The first kappa shape index (κ1) is 19.8. The lowest BCUT2D eigenvalue weighted by Gasteiger charge is -2.32. The summed E-state index contributed by atoms with van der Waals surface area (Å²) in [6, 6.07) is -0.563. The number of rotatable bonds is 6. The van der Waals surface area contributed by atoms with Crippen molar-refractivity contribution >= 4 is 29.1 Å². The van der Waals surface area contributed by atoms with Crippen molar-refractivity contribution in [3.8, 4) is 0 Å². The van der Waals surface area contributed by atoms with Crippen LogP contribution < -0.4 is 0 Å². The summed E-state index contributed by atoms with van der Waals surface area (Å²) >= 11 is 1.47. The Morgan fingerprint density at radius 3 is 2.69 bits per heavy atom. The van der Waals surface area contributed by atoms with Gasteiger partial charge in [0.2, 0.25) is 0 Å². The second kappa shape index (κ2) is 8.27. The maximum Gasteiger partial charge on any atom is 0.347 e. The largest absolute Gasteiger partial charge is 0.463 e. The number of thiazole rings is 1. The van der Waals surface area contributed by atoms with Crippen LogP contribution in [0.3, 0.4) is 0 Å². The fraction of sp³-hybridized carbons (Fsp3) is 0.444. The van der Waals surface area contributed by atoms with E-state index in [0.29, 0.717) is 22.7 Å². The van der Waals surface area contributed by atoms with E-state index >= 15 is 0 Å². The molecule has 0 radical (unpaired) electrons. The van der Waals surface area contributed by atoms with Crippen LogP contribution in [0.15, 0.2) is 40.0 Å². The summed E-state index contributed by atoms with van der Waals surface area (Å²) in [5.74, 6) is -0.521. The van der Waals surface area contributed by atoms with Crippen LogP contribution in [-0.2, 0) is 19.1 Å². The predicted octanol–water partition coefficient (Wildman–Crippen LogP) is 2.55. The third kappa shape index (κ3) is 4.01. The van der Waals surface area contributed by atoms with Gasteiger partial charge in [0.05, 0.1) is 12.2 Å². The van der Waals surface area contributed by atoms with Crippen LogP contribution >= 0.6 is 11.3 Å². The molecular weight excluding hydrogens is 354 g/mol. The van der Waals surface area contributed by atoms with Gasteiger partial charge in [0.25, 0.3) is 0 Å². The highest BCUT2D eigenvalue weighted by atomic mass is 32.1. The zero-order valence-electron chi connectivity index (χ0n) is 15.6. The highest BCUT2D eigenvalue weighted by molar-refractivity contribution is 7.11. The molecule has 0 spiro atoms. The highest BCUT2D eigenvalue weighted by Crippen LogP contribution is 2.29. The topological polar surface area (TPSA) is 81.1 Å². The summed E-state index contributed by atoms with van der Waals surface area (Å²) in [4.78, 5) is 35.3. The summed E-state index contributed by atoms with van der Waals surface area (Å²) in [6.45, 7) is 11.0. The lowest BCUT2D eigenvalue weighted by molar-refractivity contribution is -0.164. The van der Waals surface area contributed by atoms with Crippen molar-refractivity contribution in [2.45, 2.75) is 39.8 Å². The van der Waals surface area contributed by atoms with Crippen LogP contribution in [0.1, 0.15) is 32.7 Å². The number of nitrogens with zero attached hydrogens (tertiary/aromatic N) is 3. The van der Waals surface area contributed by atoms with Gasteiger partial charge in [-0.25, -0.2) is 14.6 Å². The first-order chi connectivity index (χ1) is 12.3. The molecule has 26 heavy (non-hydrogen) atoms. The van der Waals surface area contributed by atoms with Gasteiger partial charge in [-0.2, -0.15) is 0 Å². The minimum Gasteiger partial charge on any atom is -0.463 e. The normalized spacial score (nSPS) is 18.3. The lowest BCUT2D eigenvalue weighted by Crippen LogP contribution is -2.38. The van der Waals surface area contributed by atoms with Crippen molar-refractivity contribution in [1.82, 2.24) is 9.88 Å². The van der Waals surface area contributed by atoms with Gasteiger partial charge >= 0.3 is 11.9 Å². The van der Waals surface area contributed by atoms with E-state index < -0.39 is 24.1 Å². The Bertz CT molecular complexity index is 767. The molecule has 0 amide bonds. The molecule has 2 rings (SSSR count). The molecule has 1 aromatic rings. The number of esters is 2. The van der Waals surface area contributed by atoms with Crippen LogP contribution in [0.5, 0.6) is 0 Å². The molecule has 1 unspecified atom stereocenters. The minimum atomic E-state index is -0.997. The molecular formula is C18H23N3O4S. The van der Waals surface area contributed by atoms with Crippen molar-refractivity contribution in [2.24, 2.45) is 4.99 Å². The molecule has 2 heterocycles. The highest BCUT2D eigenvalue weighted by Gasteiger charge is 2.34. The number of ether oxygens (including phenoxy) is 2. The summed E-state index contributed by atoms with van der Waals surface area (Å²) in [7, 11) is 1.81. The van der Waals surface area contributed by atoms with Gasteiger partial charge in [-0.3, -0.25) is 4.99 Å². The molecule has 0 N–H and O–H groups in total. The van der Waals surface area contributed by atoms with E-state index in [2.05, 4.69) is 16.6 Å². The summed E-state index contributed by atoms with van der Waals surface area (Å²) in [5, 5.41) is 2.62. The molecule has 0 bridgehead atoms. The first-order valence-electron chi connectivity index (χ1n) is 8.23. The number of amidine groups is 1. The quantitative estimate of drug-likeness (QED) is 0.560. The maximum atomic E-state index is 12.7. The number of allylic oxidation sites excluding steroid dienone is 1. The van der Waals surface area contributed by atoms with E-state index in [4.69, 9.17) is 9.47 Å². The average Bonchev–Trinajstić information content (AvgIpc) is 3.11. The monoisotopic (exact) mass is 377 g/mol. The van der Waals surface area contributed by atoms with E-state index in [-0.39, 0.29) is 6.61 Å². The first-order valence-corrected chi connectivity index (χ1v) is 9.11. The molecule has 140 valence electrons. The predicted molar refractivity (Wildman–Crippen MR) is 99.9 cm³/mol. The molecule has 1 aliphatic rings. The third-order valence-electron chi connectivity index (χ3n) is 3.95. The number of hydrogen-bond donors (Lipinski definition) is 0. The maximum absolute atomic E-state index is 12.7. The van der Waals surface area contributed by atoms with Crippen molar-refractivity contribution in [3.63, 3.8) is 0 Å². The van der Waals surface area contributed by atoms with E-state index in [0.717, 1.165) is 5.01 Å². The number of aromatic nitrogens is 1. The molecule has 1 aliphatic heterocycles. The molecule has 7 nitrogen and oxygen atoms in total. The molecule has 1 aromatic heterocycles. The fourth-order valence-corrected chi connectivity index (χ4v) is 3.16. The van der Waals surface area contributed by atoms with Gasteiger partial charge in [-0.15, -0.1) is 11.3 Å². The zero-order chi connectivity index (χ0) is 19.4. The third-order valence-corrected chi connectivity index (χ3v) is 4.72. The average molecular weight is 377 g/mol. The summed E-state index contributed by atoms with van der Waals surface area (Å²) < 4.78 is 10.2. The van der Waals surface area contributed by atoms with Crippen LogP contribution in [0.4, 0.5) is 0 Å². The molecule has 0 saturated heterocycles. The Morgan fingerprint density at radius 2 is 2.15 bits per heavy atom. The molecule has 0 fully saturated rings. The van der Waals surface area contributed by atoms with Crippen LogP contribution in [0.25, 0.3) is 0 Å². The van der Waals surface area contributed by atoms with Crippen molar-refractivity contribution in [1.29, 1.82) is 0 Å². The minimum absolute atomic E-state index is 0.223. The molecule has 0 aliphatic carbocycles. The number of aliphatic imine (C=N–C) groups is 1. The molecule has 0 aromatic carbocycles. The second-order valence-electron chi connectivity index (χ2n) is 5.90. The molecule has 0 saturated carbocycles. The van der Waals surface area contributed by atoms with Gasteiger partial charge < -0.3 is 14.4 Å². The number of carbonyl (C=O) groups is 2. The summed E-state index contributed by atoms with van der Waals surface area (Å²) in [5.41, 5.74) is 1.73. The van der Waals surface area contributed by atoms with Crippen molar-refractivity contribution in [2.75, 3.05) is 13.7 Å². The van der Waals surface area contributed by atoms with E-state index in [1.165, 1.54) is 18.3 Å². The SMILES string of the molecule is C=C(C)[C@@H]1N=C(c2nccs2)N(C)C(C)=C1C(=O)OC(C)C(=O)OCC.